The third kappa shape index (κ3) is 5.41. The number of amides is 1. The van der Waals surface area contributed by atoms with E-state index in [1.165, 1.54) is 0 Å². The fourth-order valence-electron chi connectivity index (χ4n) is 1.83. The Morgan fingerprint density at radius 2 is 2.00 bits per heavy atom. The second-order valence-corrected chi connectivity index (χ2v) is 6.68. The van der Waals surface area contributed by atoms with Gasteiger partial charge in [-0.1, -0.05) is 29.3 Å². The van der Waals surface area contributed by atoms with Gasteiger partial charge in [0.2, 0.25) is 5.91 Å². The molecule has 0 spiro atoms. The van der Waals surface area contributed by atoms with Crippen molar-refractivity contribution in [2.75, 3.05) is 11.9 Å². The summed E-state index contributed by atoms with van der Waals surface area (Å²) >= 11 is 6.69. The molecule has 5 nitrogen and oxygen atoms in total. The summed E-state index contributed by atoms with van der Waals surface area (Å²) in [4.78, 5) is 23.2. The molecule has 0 heterocycles. The van der Waals surface area contributed by atoms with Gasteiger partial charge in [0, 0.05) is 8.95 Å². The van der Waals surface area contributed by atoms with E-state index in [2.05, 4.69) is 42.5 Å². The summed E-state index contributed by atoms with van der Waals surface area (Å²) in [5, 5.41) is 14.8. The van der Waals surface area contributed by atoms with Crippen LogP contribution < -0.4 is 10.6 Å². The quantitative estimate of drug-likeness (QED) is 0.630. The van der Waals surface area contributed by atoms with E-state index in [4.69, 9.17) is 0 Å². The molecule has 1 rings (SSSR count). The van der Waals surface area contributed by atoms with Gasteiger partial charge in [0.1, 0.15) is 5.54 Å². The number of rotatable bonds is 7. The maximum absolute atomic E-state index is 11.9. The standard InChI is InChI=1S/C14H18Br2N2O3/c1-3-6-14(2,13(20)21)17-8-12(19)18-11-5-4-9(15)7-10(11)16/h4-5,7,17H,3,6,8H2,1-2H3,(H,18,19)(H,20,21). The Bertz CT molecular complexity index is 537. The van der Waals surface area contributed by atoms with Crippen molar-refractivity contribution in [2.24, 2.45) is 0 Å². The average Bonchev–Trinajstić information content (AvgIpc) is 2.40. The van der Waals surface area contributed by atoms with Crippen LogP contribution in [0.3, 0.4) is 0 Å². The first-order valence-electron chi connectivity index (χ1n) is 6.52. The van der Waals surface area contributed by atoms with Gasteiger partial charge in [-0.15, -0.1) is 0 Å². The van der Waals surface area contributed by atoms with Crippen LogP contribution in [0, 0.1) is 0 Å². The van der Waals surface area contributed by atoms with Crippen LogP contribution in [-0.4, -0.2) is 29.1 Å². The van der Waals surface area contributed by atoms with E-state index >= 15 is 0 Å². The number of hydrogen-bond acceptors (Lipinski definition) is 3. The number of carbonyl (C=O) groups excluding carboxylic acids is 1. The normalized spacial score (nSPS) is 13.5. The van der Waals surface area contributed by atoms with Gasteiger partial charge in [0.05, 0.1) is 12.2 Å². The third-order valence-electron chi connectivity index (χ3n) is 3.07. The van der Waals surface area contributed by atoms with Crippen LogP contribution in [0.25, 0.3) is 0 Å². The number of carbonyl (C=O) groups is 2. The highest BCUT2D eigenvalue weighted by Crippen LogP contribution is 2.26. The molecule has 116 valence electrons. The van der Waals surface area contributed by atoms with Gasteiger partial charge in [-0.2, -0.15) is 0 Å². The van der Waals surface area contributed by atoms with E-state index in [9.17, 15) is 14.7 Å². The van der Waals surface area contributed by atoms with Gasteiger partial charge >= 0.3 is 5.97 Å². The third-order valence-corrected chi connectivity index (χ3v) is 4.22. The molecule has 0 aliphatic rings. The van der Waals surface area contributed by atoms with Gasteiger partial charge < -0.3 is 10.4 Å². The van der Waals surface area contributed by atoms with Gasteiger partial charge in [-0.3, -0.25) is 14.9 Å². The monoisotopic (exact) mass is 420 g/mol. The van der Waals surface area contributed by atoms with Crippen LogP contribution >= 0.6 is 31.9 Å². The van der Waals surface area contributed by atoms with E-state index in [0.717, 1.165) is 15.4 Å². The van der Waals surface area contributed by atoms with Crippen molar-refractivity contribution in [1.82, 2.24) is 5.32 Å². The summed E-state index contributed by atoms with van der Waals surface area (Å²) in [5.74, 6) is -1.25. The van der Waals surface area contributed by atoms with Crippen molar-refractivity contribution in [3.63, 3.8) is 0 Å². The van der Waals surface area contributed by atoms with Crippen LogP contribution in [0.15, 0.2) is 27.1 Å². The summed E-state index contributed by atoms with van der Waals surface area (Å²) in [5.41, 5.74) is -0.458. The molecule has 1 unspecified atom stereocenters. The maximum Gasteiger partial charge on any atom is 0.323 e. The molecule has 0 aliphatic carbocycles. The number of halogens is 2. The molecule has 0 bridgehead atoms. The molecule has 0 aromatic heterocycles. The molecule has 0 radical (unpaired) electrons. The van der Waals surface area contributed by atoms with Crippen LogP contribution in [0.1, 0.15) is 26.7 Å². The molecule has 0 saturated heterocycles. The largest absolute Gasteiger partial charge is 0.480 e. The number of aliphatic carboxylic acids is 1. The molecular formula is C14H18Br2N2O3. The number of carboxylic acid groups (broad SMARTS) is 1. The molecule has 1 aromatic carbocycles. The number of anilines is 1. The van der Waals surface area contributed by atoms with Crippen molar-refractivity contribution < 1.29 is 14.7 Å². The molecule has 21 heavy (non-hydrogen) atoms. The predicted molar refractivity (Wildman–Crippen MR) is 89.4 cm³/mol. The minimum absolute atomic E-state index is 0.0642. The lowest BCUT2D eigenvalue weighted by Gasteiger charge is -2.25. The first-order chi connectivity index (χ1) is 9.78. The molecule has 1 amide bonds. The molecule has 0 saturated carbocycles. The Kier molecular flexibility index (Phi) is 6.83. The molecule has 3 N–H and O–H groups in total. The van der Waals surface area contributed by atoms with Crippen molar-refractivity contribution in [1.29, 1.82) is 0 Å². The number of hydrogen-bond donors (Lipinski definition) is 3. The first-order valence-corrected chi connectivity index (χ1v) is 8.10. The summed E-state index contributed by atoms with van der Waals surface area (Å²) in [6.45, 7) is 3.43. The second kappa shape index (κ2) is 7.91. The minimum atomic E-state index is -1.09. The fourth-order valence-corrected chi connectivity index (χ4v) is 2.98. The van der Waals surface area contributed by atoms with Crippen molar-refractivity contribution in [3.8, 4) is 0 Å². The maximum atomic E-state index is 11.9. The molecule has 1 aromatic rings. The SMILES string of the molecule is CCCC(C)(NCC(=O)Nc1ccc(Br)cc1Br)C(=O)O. The Hall–Kier alpha value is -0.920. The zero-order valence-corrected chi connectivity index (χ0v) is 15.0. The minimum Gasteiger partial charge on any atom is -0.480 e. The summed E-state index contributed by atoms with van der Waals surface area (Å²) in [6.07, 6.45) is 1.17. The van der Waals surface area contributed by atoms with Gasteiger partial charge in [-0.25, -0.2) is 0 Å². The highest BCUT2D eigenvalue weighted by molar-refractivity contribution is 9.11. The van der Waals surface area contributed by atoms with E-state index in [1.54, 1.807) is 13.0 Å². The van der Waals surface area contributed by atoms with Crippen molar-refractivity contribution >= 4 is 49.4 Å². The fraction of sp³-hybridized carbons (Fsp3) is 0.429. The molecular weight excluding hydrogens is 404 g/mol. The summed E-state index contributed by atoms with van der Waals surface area (Å²) in [6, 6.07) is 5.39. The second-order valence-electron chi connectivity index (χ2n) is 4.91. The Balaban J connectivity index is 2.63. The summed E-state index contributed by atoms with van der Waals surface area (Å²) in [7, 11) is 0. The van der Waals surface area contributed by atoms with Gasteiger partial charge in [0.25, 0.3) is 0 Å². The lowest BCUT2D eigenvalue weighted by molar-refractivity contribution is -0.144. The Morgan fingerprint density at radius 1 is 1.33 bits per heavy atom. The van der Waals surface area contributed by atoms with Gasteiger partial charge in [0.15, 0.2) is 0 Å². The molecule has 7 heteroatoms. The van der Waals surface area contributed by atoms with Crippen molar-refractivity contribution in [3.05, 3.63) is 27.1 Å². The Morgan fingerprint density at radius 3 is 2.52 bits per heavy atom. The zero-order valence-electron chi connectivity index (χ0n) is 11.9. The van der Waals surface area contributed by atoms with Crippen LogP contribution in [0.2, 0.25) is 0 Å². The highest BCUT2D eigenvalue weighted by atomic mass is 79.9. The van der Waals surface area contributed by atoms with Crippen molar-refractivity contribution in [2.45, 2.75) is 32.2 Å². The molecule has 1 atom stereocenters. The lowest BCUT2D eigenvalue weighted by Crippen LogP contribution is -2.51. The lowest BCUT2D eigenvalue weighted by atomic mass is 9.96. The molecule has 0 aliphatic heterocycles. The van der Waals surface area contributed by atoms with E-state index in [1.807, 2.05) is 19.1 Å². The highest BCUT2D eigenvalue weighted by Gasteiger charge is 2.31. The first kappa shape index (κ1) is 18.1. The number of benzene rings is 1. The smallest absolute Gasteiger partial charge is 0.323 e. The average molecular weight is 422 g/mol. The zero-order chi connectivity index (χ0) is 16.0. The van der Waals surface area contributed by atoms with E-state index < -0.39 is 11.5 Å². The molecule has 0 fully saturated rings. The number of nitrogens with one attached hydrogen (secondary N) is 2. The van der Waals surface area contributed by atoms with Crippen LogP contribution in [0.4, 0.5) is 5.69 Å². The van der Waals surface area contributed by atoms with Crippen LogP contribution in [0.5, 0.6) is 0 Å². The number of carboxylic acids is 1. The van der Waals surface area contributed by atoms with Crippen LogP contribution in [-0.2, 0) is 9.59 Å². The van der Waals surface area contributed by atoms with E-state index in [-0.39, 0.29) is 12.5 Å². The topological polar surface area (TPSA) is 78.4 Å². The summed E-state index contributed by atoms with van der Waals surface area (Å²) < 4.78 is 1.65. The van der Waals surface area contributed by atoms with E-state index in [0.29, 0.717) is 12.1 Å². The predicted octanol–water partition coefficient (Wildman–Crippen LogP) is 3.38. The van der Waals surface area contributed by atoms with Gasteiger partial charge in [-0.05, 0) is 47.5 Å². The Labute approximate surface area is 140 Å².